The average molecular weight is 440 g/mol. The minimum atomic E-state index is -0.644. The van der Waals surface area contributed by atoms with Crippen LogP contribution in [0.5, 0.6) is 5.75 Å². The largest absolute Gasteiger partial charge is 0.490 e. The minimum absolute atomic E-state index is 0.00770. The van der Waals surface area contributed by atoms with Crippen molar-refractivity contribution < 1.29 is 18.7 Å². The van der Waals surface area contributed by atoms with Crippen LogP contribution in [0.1, 0.15) is 42.6 Å². The van der Waals surface area contributed by atoms with E-state index in [1.54, 1.807) is 12.1 Å². The van der Waals surface area contributed by atoms with Crippen LogP contribution in [-0.2, 0) is 4.79 Å². The number of hydrogen-bond acceptors (Lipinski definition) is 7. The number of carbonyl (C=O) groups is 2. The SMILES string of the molecule is NC(=O)c1cc(NC2CCNC2=O)nc(N2C3CCC2CC(Oc2ccc(F)cc2)C3)n1. The summed E-state index contributed by atoms with van der Waals surface area (Å²) in [6, 6.07) is 7.47. The number of nitrogens with zero attached hydrogens (tertiary/aromatic N) is 3. The molecule has 3 aliphatic heterocycles. The van der Waals surface area contributed by atoms with Crippen molar-refractivity contribution in [1.82, 2.24) is 15.3 Å². The monoisotopic (exact) mass is 440 g/mol. The Hall–Kier alpha value is -3.43. The summed E-state index contributed by atoms with van der Waals surface area (Å²) in [6.45, 7) is 0.600. The van der Waals surface area contributed by atoms with Crippen LogP contribution in [-0.4, -0.2) is 52.6 Å². The lowest BCUT2D eigenvalue weighted by molar-refractivity contribution is -0.119. The van der Waals surface area contributed by atoms with Gasteiger partial charge in [-0.05, 0) is 43.5 Å². The fourth-order valence-electron chi connectivity index (χ4n) is 4.92. The van der Waals surface area contributed by atoms with Crippen molar-refractivity contribution in [3.63, 3.8) is 0 Å². The van der Waals surface area contributed by atoms with Gasteiger partial charge in [-0.3, -0.25) is 9.59 Å². The molecule has 1 aromatic heterocycles. The number of primary amides is 1. The molecule has 3 unspecified atom stereocenters. The van der Waals surface area contributed by atoms with E-state index in [2.05, 4.69) is 25.5 Å². The van der Waals surface area contributed by atoms with Crippen LogP contribution >= 0.6 is 0 Å². The first-order valence-electron chi connectivity index (χ1n) is 10.9. The van der Waals surface area contributed by atoms with Crippen LogP contribution in [0.4, 0.5) is 16.2 Å². The van der Waals surface area contributed by atoms with Crippen LogP contribution in [0.3, 0.4) is 0 Å². The van der Waals surface area contributed by atoms with E-state index in [9.17, 15) is 14.0 Å². The Balaban J connectivity index is 1.35. The summed E-state index contributed by atoms with van der Waals surface area (Å²) in [5.41, 5.74) is 5.63. The molecule has 2 aromatic rings. The first-order valence-corrected chi connectivity index (χ1v) is 10.9. The molecule has 3 atom stereocenters. The molecule has 0 radical (unpaired) electrons. The standard InChI is InChI=1S/C22H25FN6O3/c23-12-1-5-15(6-2-12)32-16-9-13-3-4-14(10-16)29(13)22-27-18(20(24)30)11-19(28-22)26-17-7-8-25-21(17)31/h1-2,5-6,11,13-14,16-17H,3-4,7-10H2,(H2,24,30)(H,25,31)(H,26,27,28). The fourth-order valence-corrected chi connectivity index (χ4v) is 4.92. The predicted molar refractivity (Wildman–Crippen MR) is 115 cm³/mol. The number of piperidine rings is 1. The van der Waals surface area contributed by atoms with Crippen LogP contribution in [0.2, 0.25) is 0 Å². The maximum atomic E-state index is 13.2. The molecular formula is C22H25FN6O3. The van der Waals surface area contributed by atoms with Gasteiger partial charge < -0.3 is 26.0 Å². The number of rotatable bonds is 6. The van der Waals surface area contributed by atoms with Gasteiger partial charge in [-0.25, -0.2) is 9.37 Å². The van der Waals surface area contributed by atoms with E-state index in [4.69, 9.17) is 10.5 Å². The summed E-state index contributed by atoms with van der Waals surface area (Å²) in [5, 5.41) is 5.88. The topological polar surface area (TPSA) is 122 Å². The summed E-state index contributed by atoms with van der Waals surface area (Å²) in [6.07, 6.45) is 4.12. The molecule has 168 valence electrons. The first kappa shape index (κ1) is 20.5. The maximum absolute atomic E-state index is 13.2. The van der Waals surface area contributed by atoms with Gasteiger partial charge in [0.25, 0.3) is 5.91 Å². The van der Waals surface area contributed by atoms with Gasteiger partial charge in [-0.15, -0.1) is 0 Å². The number of amides is 2. The van der Waals surface area contributed by atoms with Crippen molar-refractivity contribution >= 4 is 23.6 Å². The van der Waals surface area contributed by atoms with Gasteiger partial charge in [0.05, 0.1) is 0 Å². The number of benzene rings is 1. The van der Waals surface area contributed by atoms with Crippen LogP contribution < -0.4 is 26.0 Å². The van der Waals surface area contributed by atoms with Gasteiger partial charge in [-0.2, -0.15) is 4.98 Å². The molecule has 4 heterocycles. The van der Waals surface area contributed by atoms with E-state index < -0.39 is 11.9 Å². The number of carbonyl (C=O) groups excluding carboxylic acids is 2. The smallest absolute Gasteiger partial charge is 0.267 e. The molecule has 0 saturated carbocycles. The lowest BCUT2D eigenvalue weighted by Gasteiger charge is -2.39. The second-order valence-corrected chi connectivity index (χ2v) is 8.54. The Bertz CT molecular complexity index is 1020. The quantitative estimate of drug-likeness (QED) is 0.623. The molecular weight excluding hydrogens is 415 g/mol. The lowest BCUT2D eigenvalue weighted by Crippen LogP contribution is -2.47. The number of anilines is 2. The Kier molecular flexibility index (Phi) is 5.28. The molecule has 0 aliphatic carbocycles. The molecule has 9 nitrogen and oxygen atoms in total. The van der Waals surface area contributed by atoms with Gasteiger partial charge in [0, 0.05) is 37.5 Å². The number of halogens is 1. The first-order chi connectivity index (χ1) is 15.5. The summed E-state index contributed by atoms with van der Waals surface area (Å²) < 4.78 is 19.3. The van der Waals surface area contributed by atoms with Gasteiger partial charge in [0.2, 0.25) is 11.9 Å². The van der Waals surface area contributed by atoms with Crippen LogP contribution in [0.25, 0.3) is 0 Å². The highest BCUT2D eigenvalue weighted by atomic mass is 19.1. The molecule has 0 spiro atoms. The molecule has 3 aliphatic rings. The summed E-state index contributed by atoms with van der Waals surface area (Å²) >= 11 is 0. The number of nitrogens with two attached hydrogens (primary N) is 1. The zero-order valence-corrected chi connectivity index (χ0v) is 17.5. The highest BCUT2D eigenvalue weighted by Crippen LogP contribution is 2.39. The van der Waals surface area contributed by atoms with Gasteiger partial charge in [0.15, 0.2) is 0 Å². The van der Waals surface area contributed by atoms with Gasteiger partial charge >= 0.3 is 0 Å². The molecule has 3 saturated heterocycles. The normalized spacial score (nSPS) is 26.7. The highest BCUT2D eigenvalue weighted by Gasteiger charge is 2.43. The lowest BCUT2D eigenvalue weighted by atomic mass is 10.00. The van der Waals surface area contributed by atoms with E-state index in [0.29, 0.717) is 30.5 Å². The predicted octanol–water partition coefficient (Wildman–Crippen LogP) is 1.59. The molecule has 3 fully saturated rings. The van der Waals surface area contributed by atoms with E-state index >= 15 is 0 Å². The van der Waals surface area contributed by atoms with E-state index in [0.717, 1.165) is 25.7 Å². The third kappa shape index (κ3) is 4.04. The second kappa shape index (κ2) is 8.25. The van der Waals surface area contributed by atoms with E-state index in [1.165, 1.54) is 18.2 Å². The fraction of sp³-hybridized carbons (Fsp3) is 0.455. The minimum Gasteiger partial charge on any atom is -0.490 e. The van der Waals surface area contributed by atoms with Crippen LogP contribution in [0.15, 0.2) is 30.3 Å². The van der Waals surface area contributed by atoms with E-state index in [1.807, 2.05) is 0 Å². The molecule has 2 bridgehead atoms. The number of ether oxygens (including phenoxy) is 1. The van der Waals surface area contributed by atoms with Gasteiger partial charge in [-0.1, -0.05) is 0 Å². The zero-order chi connectivity index (χ0) is 22.2. The average Bonchev–Trinajstić information content (AvgIpc) is 3.29. The number of hydrogen-bond donors (Lipinski definition) is 3. The molecule has 10 heteroatoms. The van der Waals surface area contributed by atoms with Crippen LogP contribution in [0, 0.1) is 5.82 Å². The number of fused-ring (bicyclic) bond motifs is 2. The van der Waals surface area contributed by atoms with Crippen molar-refractivity contribution in [2.24, 2.45) is 5.73 Å². The third-order valence-electron chi connectivity index (χ3n) is 6.37. The summed E-state index contributed by atoms with van der Waals surface area (Å²) in [4.78, 5) is 35.1. The molecule has 1 aromatic carbocycles. The summed E-state index contributed by atoms with van der Waals surface area (Å²) in [7, 11) is 0. The Morgan fingerprint density at radius 3 is 2.50 bits per heavy atom. The van der Waals surface area contributed by atoms with Gasteiger partial charge in [0.1, 0.15) is 35.2 Å². The summed E-state index contributed by atoms with van der Waals surface area (Å²) in [5.74, 6) is 0.472. The second-order valence-electron chi connectivity index (χ2n) is 8.54. The molecule has 32 heavy (non-hydrogen) atoms. The molecule has 2 amide bonds. The van der Waals surface area contributed by atoms with Crippen molar-refractivity contribution in [2.45, 2.75) is 56.3 Å². The Morgan fingerprint density at radius 1 is 1.16 bits per heavy atom. The maximum Gasteiger partial charge on any atom is 0.267 e. The Labute approximate surface area is 184 Å². The number of nitrogens with one attached hydrogen (secondary N) is 2. The molecule has 5 rings (SSSR count). The van der Waals surface area contributed by atoms with Crippen molar-refractivity contribution in [1.29, 1.82) is 0 Å². The van der Waals surface area contributed by atoms with Crippen molar-refractivity contribution in [3.05, 3.63) is 41.8 Å². The van der Waals surface area contributed by atoms with Crippen molar-refractivity contribution in [2.75, 3.05) is 16.8 Å². The Morgan fingerprint density at radius 2 is 1.88 bits per heavy atom. The highest BCUT2D eigenvalue weighted by molar-refractivity contribution is 5.92. The zero-order valence-electron chi connectivity index (χ0n) is 17.5. The number of aromatic nitrogens is 2. The third-order valence-corrected chi connectivity index (χ3v) is 6.37. The molecule has 4 N–H and O–H groups in total. The van der Waals surface area contributed by atoms with E-state index in [-0.39, 0.29) is 35.6 Å². The van der Waals surface area contributed by atoms with Crippen molar-refractivity contribution in [3.8, 4) is 5.75 Å².